The molecule has 1 unspecified atom stereocenters. The van der Waals surface area contributed by atoms with Gasteiger partial charge in [0.25, 0.3) is 5.91 Å². The van der Waals surface area contributed by atoms with E-state index in [-0.39, 0.29) is 29.5 Å². The van der Waals surface area contributed by atoms with Gasteiger partial charge in [-0.3, -0.25) is 4.79 Å². The minimum Gasteiger partial charge on any atom is -0.451 e. The van der Waals surface area contributed by atoms with Crippen molar-refractivity contribution in [3.8, 4) is 11.1 Å². The first-order chi connectivity index (χ1) is 22.1. The topological polar surface area (TPSA) is 138 Å². The van der Waals surface area contributed by atoms with Crippen LogP contribution in [-0.4, -0.2) is 42.4 Å². The van der Waals surface area contributed by atoms with Gasteiger partial charge in [0.1, 0.15) is 24.0 Å². The Morgan fingerprint density at radius 1 is 0.891 bits per heavy atom. The van der Waals surface area contributed by atoms with Crippen molar-refractivity contribution in [1.82, 2.24) is 4.72 Å². The number of fused-ring (bicyclic) bond motifs is 1. The molecule has 1 aromatic heterocycles. The monoisotopic (exact) mass is 635 g/mol. The number of hydrogen-bond acceptors (Lipinski definition) is 6. The lowest BCUT2D eigenvalue weighted by Crippen LogP contribution is -2.44. The average molecular weight is 636 g/mol. The number of quaternary nitrogens is 1. The molecule has 0 aliphatic carbocycles. The van der Waals surface area contributed by atoms with Gasteiger partial charge in [0.2, 0.25) is 16.4 Å². The predicted molar refractivity (Wildman–Crippen MR) is 175 cm³/mol. The molecule has 0 spiro atoms. The number of benzene rings is 4. The third-order valence-corrected chi connectivity index (χ3v) is 9.22. The molecular formula is C35H31N4O6S+. The zero-order valence-corrected chi connectivity index (χ0v) is 25.6. The Balaban J connectivity index is 1.07. The first-order valence-electron chi connectivity index (χ1n) is 14.5. The normalized spacial score (nSPS) is 16.7. The number of para-hydroxylation sites is 1. The van der Waals surface area contributed by atoms with Crippen molar-refractivity contribution < 1.29 is 32.0 Å². The van der Waals surface area contributed by atoms with Crippen LogP contribution < -0.4 is 10.0 Å². The van der Waals surface area contributed by atoms with Crippen LogP contribution in [0, 0.1) is 0 Å². The van der Waals surface area contributed by atoms with Crippen LogP contribution >= 0.6 is 0 Å². The SMILES string of the molecule is C[C@H](CC1=C[N+](Cc2ccccc2)(C(=O)O)C=N1)NS(=O)(=O)c1ccc(-c2ccc(NC(=O)c3cc4ccccc4o3)cc2)cc1. The van der Waals surface area contributed by atoms with Crippen LogP contribution in [0.2, 0.25) is 0 Å². The minimum atomic E-state index is -3.86. The van der Waals surface area contributed by atoms with E-state index in [0.717, 1.165) is 22.1 Å². The summed E-state index contributed by atoms with van der Waals surface area (Å²) in [5, 5.41) is 13.6. The third kappa shape index (κ3) is 6.66. The van der Waals surface area contributed by atoms with Crippen LogP contribution in [0.5, 0.6) is 0 Å². The van der Waals surface area contributed by atoms with Crippen LogP contribution in [0.15, 0.2) is 135 Å². The summed E-state index contributed by atoms with van der Waals surface area (Å²) in [5.74, 6) is -0.142. The highest BCUT2D eigenvalue weighted by Gasteiger charge is 2.39. The first kappa shape index (κ1) is 30.7. The number of rotatable bonds is 10. The summed E-state index contributed by atoms with van der Waals surface area (Å²) in [7, 11) is -3.86. The zero-order chi connectivity index (χ0) is 32.3. The maximum absolute atomic E-state index is 13.1. The number of aliphatic imine (C=N–C) groups is 1. The van der Waals surface area contributed by atoms with E-state index in [2.05, 4.69) is 15.0 Å². The maximum Gasteiger partial charge on any atom is 0.524 e. The number of carbonyl (C=O) groups excluding carboxylic acids is 1. The molecule has 0 saturated carbocycles. The summed E-state index contributed by atoms with van der Waals surface area (Å²) in [6, 6.07) is 31.5. The van der Waals surface area contributed by atoms with Crippen molar-refractivity contribution in [2.45, 2.75) is 30.8 Å². The standard InChI is InChI=1S/C35H30N4O6S/c1-24(19-30-22-39(23-36-30,35(41)42)21-25-7-3-2-4-8-25)38-46(43,44)31-17-13-27(14-18-31)26-11-15-29(16-12-26)37-34(40)33-20-28-9-5-6-10-32(28)45-33/h2-18,20,22-24,38H,19,21H2,1H3,(H-,37,40,41,42)/p+1/t24-,39?/m1/s1. The molecular weight excluding hydrogens is 604 g/mol. The van der Waals surface area contributed by atoms with Crippen molar-refractivity contribution in [2.75, 3.05) is 5.32 Å². The van der Waals surface area contributed by atoms with Crippen molar-refractivity contribution in [3.05, 3.63) is 132 Å². The van der Waals surface area contributed by atoms with Gasteiger partial charge in [0.05, 0.1) is 4.90 Å². The average Bonchev–Trinajstić information content (AvgIpc) is 3.67. The van der Waals surface area contributed by atoms with Crippen molar-refractivity contribution in [3.63, 3.8) is 0 Å². The second kappa shape index (κ2) is 12.6. The molecule has 6 rings (SSSR count). The number of furan rings is 1. The first-order valence-corrected chi connectivity index (χ1v) is 16.0. The predicted octanol–water partition coefficient (Wildman–Crippen LogP) is 6.99. The number of carbonyl (C=O) groups is 2. The minimum absolute atomic E-state index is 0.0986. The van der Waals surface area contributed by atoms with Gasteiger partial charge in [-0.2, -0.15) is 4.79 Å². The molecule has 0 fully saturated rings. The lowest BCUT2D eigenvalue weighted by Gasteiger charge is -2.20. The zero-order valence-electron chi connectivity index (χ0n) is 24.8. The fourth-order valence-corrected chi connectivity index (χ4v) is 6.55. The van der Waals surface area contributed by atoms with E-state index in [0.29, 0.717) is 17.0 Å². The summed E-state index contributed by atoms with van der Waals surface area (Å²) in [6.45, 7) is 1.90. The Bertz CT molecular complexity index is 2040. The van der Waals surface area contributed by atoms with Gasteiger partial charge in [0, 0.05) is 29.1 Å². The second-order valence-electron chi connectivity index (χ2n) is 11.2. The van der Waals surface area contributed by atoms with E-state index in [1.54, 1.807) is 49.5 Å². The number of anilines is 1. The molecule has 5 aromatic rings. The number of sulfonamides is 1. The van der Waals surface area contributed by atoms with Gasteiger partial charge in [-0.25, -0.2) is 18.1 Å². The molecule has 0 saturated heterocycles. The van der Waals surface area contributed by atoms with E-state index < -0.39 is 26.6 Å². The van der Waals surface area contributed by atoms with E-state index in [1.165, 1.54) is 18.5 Å². The highest BCUT2D eigenvalue weighted by Crippen LogP contribution is 2.27. The molecule has 2 atom stereocenters. The van der Waals surface area contributed by atoms with Gasteiger partial charge in [-0.05, 0) is 54.4 Å². The summed E-state index contributed by atoms with van der Waals surface area (Å²) < 4.78 is 34.1. The molecule has 4 aromatic carbocycles. The molecule has 3 N–H and O–H groups in total. The molecule has 10 nitrogen and oxygen atoms in total. The lowest BCUT2D eigenvalue weighted by atomic mass is 10.1. The van der Waals surface area contributed by atoms with E-state index in [1.807, 2.05) is 60.7 Å². The molecule has 0 bridgehead atoms. The molecule has 46 heavy (non-hydrogen) atoms. The Hall–Kier alpha value is -5.36. The largest absolute Gasteiger partial charge is 0.524 e. The Kier molecular flexibility index (Phi) is 8.37. The fourth-order valence-electron chi connectivity index (χ4n) is 5.31. The molecule has 1 aliphatic rings. The molecule has 232 valence electrons. The number of hydrogen-bond donors (Lipinski definition) is 3. The van der Waals surface area contributed by atoms with Crippen LogP contribution in [0.1, 0.15) is 29.5 Å². The molecule has 11 heteroatoms. The van der Waals surface area contributed by atoms with E-state index in [4.69, 9.17) is 4.42 Å². The summed E-state index contributed by atoms with van der Waals surface area (Å²) >= 11 is 0. The van der Waals surface area contributed by atoms with Crippen LogP contribution in [0.3, 0.4) is 0 Å². The van der Waals surface area contributed by atoms with Crippen LogP contribution in [0.4, 0.5) is 10.5 Å². The quantitative estimate of drug-likeness (QED) is 0.142. The number of nitrogens with one attached hydrogen (secondary N) is 2. The Morgan fingerprint density at radius 2 is 1.54 bits per heavy atom. The Morgan fingerprint density at radius 3 is 2.22 bits per heavy atom. The number of carboxylic acid groups (broad SMARTS) is 1. The van der Waals surface area contributed by atoms with E-state index in [9.17, 15) is 23.1 Å². The van der Waals surface area contributed by atoms with Crippen molar-refractivity contribution >= 4 is 45.0 Å². The maximum atomic E-state index is 13.1. The van der Waals surface area contributed by atoms with Crippen LogP contribution in [0.25, 0.3) is 22.1 Å². The second-order valence-corrected chi connectivity index (χ2v) is 12.9. The molecule has 2 heterocycles. The van der Waals surface area contributed by atoms with Gasteiger partial charge in [0.15, 0.2) is 5.76 Å². The highest BCUT2D eigenvalue weighted by molar-refractivity contribution is 7.89. The molecule has 1 aliphatic heterocycles. The molecule has 2 amide bonds. The van der Waals surface area contributed by atoms with Gasteiger partial charge < -0.3 is 14.8 Å². The highest BCUT2D eigenvalue weighted by atomic mass is 32.2. The summed E-state index contributed by atoms with van der Waals surface area (Å²) in [5.41, 5.74) is 4.20. The number of nitrogens with zero attached hydrogens (tertiary/aromatic N) is 2. The summed E-state index contributed by atoms with van der Waals surface area (Å²) in [6.07, 6.45) is 2.06. The fraction of sp³-hybridized carbons (Fsp3) is 0.114. The number of amides is 2. The van der Waals surface area contributed by atoms with Gasteiger partial charge in [-0.1, -0.05) is 72.8 Å². The smallest absolute Gasteiger partial charge is 0.451 e. The van der Waals surface area contributed by atoms with E-state index >= 15 is 0 Å². The van der Waals surface area contributed by atoms with Gasteiger partial charge in [-0.15, -0.1) is 4.48 Å². The van der Waals surface area contributed by atoms with Gasteiger partial charge >= 0.3 is 6.09 Å². The summed E-state index contributed by atoms with van der Waals surface area (Å²) in [4.78, 5) is 29.2. The van der Waals surface area contributed by atoms with Crippen molar-refractivity contribution in [2.24, 2.45) is 4.99 Å². The molecule has 0 radical (unpaired) electrons. The Labute approximate surface area is 266 Å². The van der Waals surface area contributed by atoms with Crippen molar-refractivity contribution in [1.29, 1.82) is 0 Å². The third-order valence-electron chi connectivity index (χ3n) is 7.61. The van der Waals surface area contributed by atoms with Crippen LogP contribution in [-0.2, 0) is 16.6 Å². The lowest BCUT2D eigenvalue weighted by molar-refractivity contribution is -0.715.